The molecule has 0 saturated heterocycles. The quantitative estimate of drug-likeness (QED) is 0.781. The molecule has 1 atom stereocenters. The lowest BCUT2D eigenvalue weighted by atomic mass is 10.1. The van der Waals surface area contributed by atoms with Gasteiger partial charge in [0.15, 0.2) is 9.84 Å². The molecule has 0 aliphatic carbocycles. The maximum Gasteiger partial charge on any atom is 0.210 e. The van der Waals surface area contributed by atoms with Crippen LogP contribution in [-0.2, 0) is 9.84 Å². The molecule has 7 heteroatoms. The van der Waals surface area contributed by atoms with Gasteiger partial charge in [-0.05, 0) is 17.7 Å². The molecule has 0 fully saturated rings. The molecule has 3 nitrogen and oxygen atoms in total. The predicted molar refractivity (Wildman–Crippen MR) is 76.5 cm³/mol. The molecule has 0 saturated carbocycles. The van der Waals surface area contributed by atoms with Crippen molar-refractivity contribution < 1.29 is 13.5 Å². The van der Waals surface area contributed by atoms with Gasteiger partial charge in [0, 0.05) is 10.8 Å². The first kappa shape index (κ1) is 15.4. The number of aliphatic hydroxyl groups excluding tert-OH is 1. The molecular formula is C10H11Br2ClO3S. The van der Waals surface area contributed by atoms with Crippen LogP contribution >= 0.6 is 43.5 Å². The highest BCUT2D eigenvalue weighted by Gasteiger charge is 2.45. The highest BCUT2D eigenvalue weighted by molar-refractivity contribution is 9.28. The van der Waals surface area contributed by atoms with Crippen LogP contribution in [0.1, 0.15) is 18.6 Å². The number of halogens is 3. The number of sulfone groups is 1. The highest BCUT2D eigenvalue weighted by atomic mass is 79.9. The summed E-state index contributed by atoms with van der Waals surface area (Å²) >= 11 is 11.8. The van der Waals surface area contributed by atoms with Gasteiger partial charge < -0.3 is 5.11 Å². The van der Waals surface area contributed by atoms with Gasteiger partial charge in [0.2, 0.25) is 2.57 Å². The van der Waals surface area contributed by atoms with Gasteiger partial charge in [0.05, 0.1) is 0 Å². The minimum atomic E-state index is -3.50. The Balaban J connectivity index is 3.12. The average Bonchev–Trinajstić information content (AvgIpc) is 2.28. The molecule has 0 heterocycles. The van der Waals surface area contributed by atoms with Crippen LogP contribution < -0.4 is 0 Å². The van der Waals surface area contributed by atoms with E-state index in [-0.39, 0.29) is 5.75 Å². The van der Waals surface area contributed by atoms with E-state index in [0.29, 0.717) is 10.6 Å². The molecule has 0 aliphatic heterocycles. The Hall–Kier alpha value is 0.380. The van der Waals surface area contributed by atoms with E-state index in [0.717, 1.165) is 0 Å². The third kappa shape index (κ3) is 3.23. The summed E-state index contributed by atoms with van der Waals surface area (Å²) in [6.07, 6.45) is -1.23. The van der Waals surface area contributed by atoms with Gasteiger partial charge in [0.25, 0.3) is 0 Å². The zero-order valence-electron chi connectivity index (χ0n) is 8.90. The van der Waals surface area contributed by atoms with Crippen LogP contribution in [0.5, 0.6) is 0 Å². The molecule has 17 heavy (non-hydrogen) atoms. The van der Waals surface area contributed by atoms with E-state index in [4.69, 9.17) is 11.6 Å². The minimum absolute atomic E-state index is 0.0891. The number of alkyl halides is 2. The predicted octanol–water partition coefficient (Wildman–Crippen LogP) is 3.25. The standard InChI is InChI=1S/C10H11Br2ClO3S/c1-2-17(15,16)10(11,12)9(14)7-3-5-8(13)6-4-7/h3-6,9,14H,2H2,1H3. The van der Waals surface area contributed by atoms with Crippen molar-refractivity contribution in [2.24, 2.45) is 0 Å². The van der Waals surface area contributed by atoms with Gasteiger partial charge >= 0.3 is 0 Å². The van der Waals surface area contributed by atoms with Gasteiger partial charge in [-0.2, -0.15) is 0 Å². The number of aliphatic hydroxyl groups is 1. The first-order valence-electron chi connectivity index (χ1n) is 4.76. The summed E-state index contributed by atoms with van der Waals surface area (Å²) in [7, 11) is -3.50. The maximum atomic E-state index is 11.8. The van der Waals surface area contributed by atoms with Crippen molar-refractivity contribution in [3.63, 3.8) is 0 Å². The van der Waals surface area contributed by atoms with Crippen LogP contribution in [0.15, 0.2) is 24.3 Å². The van der Waals surface area contributed by atoms with E-state index >= 15 is 0 Å². The number of hydrogen-bond donors (Lipinski definition) is 1. The highest BCUT2D eigenvalue weighted by Crippen LogP contribution is 2.44. The lowest BCUT2D eigenvalue weighted by Crippen LogP contribution is -2.33. The summed E-state index contributed by atoms with van der Waals surface area (Å²) in [5.74, 6) is -0.0891. The van der Waals surface area contributed by atoms with Crippen LogP contribution in [0.4, 0.5) is 0 Å². The van der Waals surface area contributed by atoms with Gasteiger partial charge in [-0.1, -0.05) is 62.5 Å². The van der Waals surface area contributed by atoms with Crippen LogP contribution in [0, 0.1) is 0 Å². The lowest BCUT2D eigenvalue weighted by Gasteiger charge is -2.26. The van der Waals surface area contributed by atoms with E-state index in [1.807, 2.05) is 0 Å². The topological polar surface area (TPSA) is 54.4 Å². The van der Waals surface area contributed by atoms with Crippen molar-refractivity contribution >= 4 is 53.3 Å². The Morgan fingerprint density at radius 1 is 1.35 bits per heavy atom. The molecule has 96 valence electrons. The van der Waals surface area contributed by atoms with E-state index in [1.54, 1.807) is 24.3 Å². The Bertz CT molecular complexity index is 485. The fraction of sp³-hybridized carbons (Fsp3) is 0.400. The Labute approximate surface area is 122 Å². The fourth-order valence-corrected chi connectivity index (χ4v) is 4.09. The summed E-state index contributed by atoms with van der Waals surface area (Å²) in [5.41, 5.74) is 0.458. The molecule has 0 spiro atoms. The first-order chi connectivity index (χ1) is 7.72. The van der Waals surface area contributed by atoms with Crippen molar-refractivity contribution in [1.82, 2.24) is 0 Å². The monoisotopic (exact) mass is 404 g/mol. The average molecular weight is 407 g/mol. The Kier molecular flexibility index (Phi) is 5.06. The number of benzene rings is 1. The van der Waals surface area contributed by atoms with Gasteiger partial charge in [-0.3, -0.25) is 0 Å². The van der Waals surface area contributed by atoms with Crippen molar-refractivity contribution in [3.8, 4) is 0 Å². The third-order valence-electron chi connectivity index (χ3n) is 2.30. The number of rotatable bonds is 4. The van der Waals surface area contributed by atoms with E-state index < -0.39 is 18.5 Å². The summed E-state index contributed by atoms with van der Waals surface area (Å²) in [5, 5.41) is 10.6. The van der Waals surface area contributed by atoms with Crippen LogP contribution in [0.25, 0.3) is 0 Å². The van der Waals surface area contributed by atoms with Crippen molar-refractivity contribution in [3.05, 3.63) is 34.9 Å². The zero-order chi connectivity index (χ0) is 13.3. The second kappa shape index (κ2) is 5.57. The molecule has 1 aromatic rings. The Morgan fingerprint density at radius 2 is 1.82 bits per heavy atom. The van der Waals surface area contributed by atoms with Gasteiger partial charge in [0.1, 0.15) is 6.10 Å². The second-order valence-electron chi connectivity index (χ2n) is 3.42. The summed E-state index contributed by atoms with van der Waals surface area (Å²) in [4.78, 5) is 0. The molecule has 0 aliphatic rings. The molecule has 0 aromatic heterocycles. The van der Waals surface area contributed by atoms with Crippen molar-refractivity contribution in [2.45, 2.75) is 15.6 Å². The molecule has 1 rings (SSSR count). The first-order valence-corrected chi connectivity index (χ1v) is 8.37. The summed E-state index contributed by atoms with van der Waals surface area (Å²) in [6, 6.07) is 6.34. The molecule has 1 unspecified atom stereocenters. The maximum absolute atomic E-state index is 11.8. The van der Waals surface area contributed by atoms with E-state index in [1.165, 1.54) is 6.92 Å². The van der Waals surface area contributed by atoms with E-state index in [2.05, 4.69) is 31.9 Å². The number of hydrogen-bond acceptors (Lipinski definition) is 3. The molecule has 0 amide bonds. The third-order valence-corrected chi connectivity index (χ3v) is 8.19. The molecule has 1 aromatic carbocycles. The zero-order valence-corrected chi connectivity index (χ0v) is 13.6. The van der Waals surface area contributed by atoms with Gasteiger partial charge in [-0.25, -0.2) is 8.42 Å². The van der Waals surface area contributed by atoms with Crippen LogP contribution in [0.2, 0.25) is 5.02 Å². The largest absolute Gasteiger partial charge is 0.385 e. The fourth-order valence-electron chi connectivity index (χ4n) is 1.20. The SMILES string of the molecule is CCS(=O)(=O)C(Br)(Br)C(O)c1ccc(Cl)cc1. The van der Waals surface area contributed by atoms with Gasteiger partial charge in [-0.15, -0.1) is 0 Å². The molecule has 1 N–H and O–H groups in total. The summed E-state index contributed by atoms with van der Waals surface area (Å²) < 4.78 is 22.1. The second-order valence-corrected chi connectivity index (χ2v) is 10.9. The van der Waals surface area contributed by atoms with E-state index in [9.17, 15) is 13.5 Å². The minimum Gasteiger partial charge on any atom is -0.385 e. The van der Waals surface area contributed by atoms with Crippen molar-refractivity contribution in [1.29, 1.82) is 0 Å². The normalized spacial score (nSPS) is 14.6. The Morgan fingerprint density at radius 3 is 2.24 bits per heavy atom. The lowest BCUT2D eigenvalue weighted by molar-refractivity contribution is 0.189. The van der Waals surface area contributed by atoms with Crippen molar-refractivity contribution in [2.75, 3.05) is 5.75 Å². The molecule has 0 radical (unpaired) electrons. The van der Waals surface area contributed by atoms with Crippen LogP contribution in [0.3, 0.4) is 0 Å². The molecule has 0 bridgehead atoms. The summed E-state index contributed by atoms with van der Waals surface area (Å²) in [6.45, 7) is 1.52. The smallest absolute Gasteiger partial charge is 0.210 e. The molecular weight excluding hydrogens is 395 g/mol. The van der Waals surface area contributed by atoms with Crippen LogP contribution in [-0.4, -0.2) is 21.8 Å².